The van der Waals surface area contributed by atoms with Crippen molar-refractivity contribution < 1.29 is 14.7 Å². The number of carboxylic acid groups (broad SMARTS) is 1. The van der Waals surface area contributed by atoms with E-state index >= 15 is 0 Å². The fourth-order valence-electron chi connectivity index (χ4n) is 1.40. The van der Waals surface area contributed by atoms with Crippen molar-refractivity contribution >= 4 is 17.7 Å². The van der Waals surface area contributed by atoms with Gasteiger partial charge in [0.05, 0.1) is 11.9 Å². The van der Waals surface area contributed by atoms with Gasteiger partial charge < -0.3 is 15.7 Å². The number of hydrogen-bond donors (Lipinski definition) is 3. The van der Waals surface area contributed by atoms with Gasteiger partial charge in [0.25, 0.3) is 0 Å². The van der Waals surface area contributed by atoms with Crippen LogP contribution in [0.2, 0.25) is 0 Å². The van der Waals surface area contributed by atoms with Crippen LogP contribution in [0.25, 0.3) is 0 Å². The second-order valence-corrected chi connectivity index (χ2v) is 4.23. The molecular weight excluding hydrogens is 234 g/mol. The Labute approximate surface area is 105 Å². The number of aryl methyl sites for hydroxylation is 1. The Kier molecular flexibility index (Phi) is 5.10. The van der Waals surface area contributed by atoms with Crippen LogP contribution in [0.15, 0.2) is 18.5 Å². The third kappa shape index (κ3) is 4.82. The molecule has 1 aromatic heterocycles. The van der Waals surface area contributed by atoms with Crippen molar-refractivity contribution in [1.29, 1.82) is 0 Å². The van der Waals surface area contributed by atoms with Gasteiger partial charge in [-0.2, -0.15) is 0 Å². The standard InChI is InChI=1S/C12H17N3O3/c1-8(5-11(16)17)6-14-12(18)15-10-7-13-4-3-9(10)2/h3-4,7-8H,5-6H2,1-2H3,(H,16,17)(H2,14,15,18). The average molecular weight is 251 g/mol. The molecule has 1 aromatic rings. The topological polar surface area (TPSA) is 91.3 Å². The van der Waals surface area contributed by atoms with Gasteiger partial charge in [-0.1, -0.05) is 6.92 Å². The number of carbonyl (C=O) groups excluding carboxylic acids is 1. The second kappa shape index (κ2) is 6.58. The molecule has 2 amide bonds. The van der Waals surface area contributed by atoms with E-state index in [2.05, 4.69) is 15.6 Å². The van der Waals surface area contributed by atoms with Crippen molar-refractivity contribution in [3.63, 3.8) is 0 Å². The molecular formula is C12H17N3O3. The molecule has 0 aliphatic heterocycles. The van der Waals surface area contributed by atoms with Crippen LogP contribution in [0.5, 0.6) is 0 Å². The van der Waals surface area contributed by atoms with Crippen molar-refractivity contribution in [3.8, 4) is 0 Å². The molecule has 0 aliphatic rings. The molecule has 1 atom stereocenters. The lowest BCUT2D eigenvalue weighted by Gasteiger charge is -2.12. The van der Waals surface area contributed by atoms with Gasteiger partial charge in [-0.05, 0) is 24.5 Å². The number of pyridine rings is 1. The van der Waals surface area contributed by atoms with Gasteiger partial charge in [-0.15, -0.1) is 0 Å². The minimum atomic E-state index is -0.868. The Morgan fingerprint density at radius 2 is 2.22 bits per heavy atom. The molecule has 0 aromatic carbocycles. The summed E-state index contributed by atoms with van der Waals surface area (Å²) in [5.74, 6) is -0.976. The van der Waals surface area contributed by atoms with Gasteiger partial charge in [-0.25, -0.2) is 4.79 Å². The van der Waals surface area contributed by atoms with Crippen molar-refractivity contribution in [2.45, 2.75) is 20.3 Å². The van der Waals surface area contributed by atoms with Crippen molar-refractivity contribution in [1.82, 2.24) is 10.3 Å². The lowest BCUT2D eigenvalue weighted by molar-refractivity contribution is -0.137. The smallest absolute Gasteiger partial charge is 0.319 e. The lowest BCUT2D eigenvalue weighted by atomic mass is 10.1. The number of anilines is 1. The number of aromatic nitrogens is 1. The maximum Gasteiger partial charge on any atom is 0.319 e. The minimum Gasteiger partial charge on any atom is -0.481 e. The summed E-state index contributed by atoms with van der Waals surface area (Å²) in [5.41, 5.74) is 1.56. The van der Waals surface area contributed by atoms with Crippen LogP contribution in [-0.4, -0.2) is 28.6 Å². The molecule has 0 aliphatic carbocycles. The first-order valence-electron chi connectivity index (χ1n) is 5.66. The minimum absolute atomic E-state index is 0.0339. The predicted molar refractivity (Wildman–Crippen MR) is 67.4 cm³/mol. The number of amides is 2. The fraction of sp³-hybridized carbons (Fsp3) is 0.417. The average Bonchev–Trinajstić information content (AvgIpc) is 2.29. The highest BCUT2D eigenvalue weighted by atomic mass is 16.4. The zero-order valence-electron chi connectivity index (χ0n) is 10.4. The third-order valence-electron chi connectivity index (χ3n) is 2.42. The summed E-state index contributed by atoms with van der Waals surface area (Å²) in [4.78, 5) is 25.9. The number of aliphatic carboxylic acids is 1. The van der Waals surface area contributed by atoms with E-state index in [0.29, 0.717) is 12.2 Å². The predicted octanol–water partition coefficient (Wildman–Crippen LogP) is 1.62. The van der Waals surface area contributed by atoms with Crippen LogP contribution in [0.4, 0.5) is 10.5 Å². The highest BCUT2D eigenvalue weighted by Gasteiger charge is 2.09. The summed E-state index contributed by atoms with van der Waals surface area (Å²) < 4.78 is 0. The van der Waals surface area contributed by atoms with Crippen LogP contribution in [0.1, 0.15) is 18.9 Å². The van der Waals surface area contributed by atoms with E-state index in [1.54, 1.807) is 25.4 Å². The highest BCUT2D eigenvalue weighted by Crippen LogP contribution is 2.10. The summed E-state index contributed by atoms with van der Waals surface area (Å²) in [6.07, 6.45) is 3.25. The zero-order valence-corrected chi connectivity index (χ0v) is 10.4. The number of rotatable bonds is 5. The number of carboxylic acids is 1. The molecule has 0 radical (unpaired) electrons. The largest absolute Gasteiger partial charge is 0.481 e. The van der Waals surface area contributed by atoms with E-state index in [4.69, 9.17) is 5.11 Å². The summed E-state index contributed by atoms with van der Waals surface area (Å²) in [7, 11) is 0. The third-order valence-corrected chi connectivity index (χ3v) is 2.42. The molecule has 0 fully saturated rings. The van der Waals surface area contributed by atoms with Crippen LogP contribution in [0, 0.1) is 12.8 Å². The summed E-state index contributed by atoms with van der Waals surface area (Å²) in [5, 5.41) is 13.9. The molecule has 1 rings (SSSR count). The highest BCUT2D eigenvalue weighted by molar-refractivity contribution is 5.89. The number of hydrogen-bond acceptors (Lipinski definition) is 3. The first kappa shape index (κ1) is 14.0. The van der Waals surface area contributed by atoms with Gasteiger partial charge in [0.2, 0.25) is 0 Å². The molecule has 0 saturated carbocycles. The Balaban J connectivity index is 2.39. The monoisotopic (exact) mass is 251 g/mol. The number of urea groups is 1. The molecule has 3 N–H and O–H groups in total. The van der Waals surface area contributed by atoms with E-state index in [0.717, 1.165) is 5.56 Å². The molecule has 6 heteroatoms. The molecule has 18 heavy (non-hydrogen) atoms. The Morgan fingerprint density at radius 1 is 1.50 bits per heavy atom. The summed E-state index contributed by atoms with van der Waals surface area (Å²) in [6.45, 7) is 3.95. The van der Waals surface area contributed by atoms with Crippen LogP contribution in [-0.2, 0) is 4.79 Å². The van der Waals surface area contributed by atoms with Gasteiger partial charge in [0, 0.05) is 19.2 Å². The molecule has 1 heterocycles. The maximum absolute atomic E-state index is 11.6. The molecule has 1 unspecified atom stereocenters. The van der Waals surface area contributed by atoms with Crippen LogP contribution in [0.3, 0.4) is 0 Å². The molecule has 0 spiro atoms. The maximum atomic E-state index is 11.6. The van der Waals surface area contributed by atoms with E-state index in [9.17, 15) is 9.59 Å². The zero-order chi connectivity index (χ0) is 13.5. The number of nitrogens with one attached hydrogen (secondary N) is 2. The molecule has 6 nitrogen and oxygen atoms in total. The molecule has 98 valence electrons. The Morgan fingerprint density at radius 3 is 2.83 bits per heavy atom. The quantitative estimate of drug-likeness (QED) is 0.741. The molecule has 0 saturated heterocycles. The van der Waals surface area contributed by atoms with Gasteiger partial charge in [-0.3, -0.25) is 9.78 Å². The van der Waals surface area contributed by atoms with E-state index < -0.39 is 5.97 Å². The fourth-order valence-corrected chi connectivity index (χ4v) is 1.40. The Hall–Kier alpha value is -2.11. The Bertz CT molecular complexity index is 434. The normalized spacial score (nSPS) is 11.7. The lowest BCUT2D eigenvalue weighted by Crippen LogP contribution is -2.33. The van der Waals surface area contributed by atoms with Gasteiger partial charge >= 0.3 is 12.0 Å². The molecule has 0 bridgehead atoms. The van der Waals surface area contributed by atoms with Crippen molar-refractivity contribution in [3.05, 3.63) is 24.0 Å². The van der Waals surface area contributed by atoms with Gasteiger partial charge in [0.1, 0.15) is 0 Å². The SMILES string of the molecule is Cc1ccncc1NC(=O)NCC(C)CC(=O)O. The van der Waals surface area contributed by atoms with Gasteiger partial charge in [0.15, 0.2) is 0 Å². The first-order valence-corrected chi connectivity index (χ1v) is 5.66. The van der Waals surface area contributed by atoms with Crippen molar-refractivity contribution in [2.24, 2.45) is 5.92 Å². The van der Waals surface area contributed by atoms with Crippen LogP contribution < -0.4 is 10.6 Å². The summed E-state index contributed by atoms with van der Waals surface area (Å²) in [6, 6.07) is 1.44. The summed E-state index contributed by atoms with van der Waals surface area (Å²) >= 11 is 0. The van der Waals surface area contributed by atoms with E-state index in [1.807, 2.05) is 6.92 Å². The number of carbonyl (C=O) groups is 2. The van der Waals surface area contributed by atoms with E-state index in [-0.39, 0.29) is 18.4 Å². The number of nitrogens with zero attached hydrogens (tertiary/aromatic N) is 1. The second-order valence-electron chi connectivity index (χ2n) is 4.23. The first-order chi connectivity index (χ1) is 8.49. The van der Waals surface area contributed by atoms with Crippen molar-refractivity contribution in [2.75, 3.05) is 11.9 Å². The van der Waals surface area contributed by atoms with E-state index in [1.165, 1.54) is 0 Å². The van der Waals surface area contributed by atoms with Crippen LogP contribution >= 0.6 is 0 Å².